The second-order valence-electron chi connectivity index (χ2n) is 4.48. The van der Waals surface area contributed by atoms with Gasteiger partial charge in [0.1, 0.15) is 0 Å². The lowest BCUT2D eigenvalue weighted by molar-refractivity contribution is 0.0699. The van der Waals surface area contributed by atoms with Crippen molar-refractivity contribution in [1.29, 1.82) is 0 Å². The summed E-state index contributed by atoms with van der Waals surface area (Å²) in [6.07, 6.45) is 2.92. The highest BCUT2D eigenvalue weighted by molar-refractivity contribution is 6.00. The van der Waals surface area contributed by atoms with E-state index in [0.717, 1.165) is 0 Å². The number of carboxylic acids is 1. The number of H-pyrrole nitrogens is 1. The van der Waals surface area contributed by atoms with Gasteiger partial charge in [0.15, 0.2) is 0 Å². The number of para-hydroxylation sites is 1. The molecule has 0 spiro atoms. The Hall–Kier alpha value is -3.09. The first-order valence-electron chi connectivity index (χ1n) is 6.08. The van der Waals surface area contributed by atoms with Crippen molar-refractivity contribution in [3.8, 4) is 0 Å². The molecule has 21 heavy (non-hydrogen) atoms. The Morgan fingerprint density at radius 1 is 1.29 bits per heavy atom. The van der Waals surface area contributed by atoms with Crippen LogP contribution in [-0.2, 0) is 6.54 Å². The smallest absolute Gasteiger partial charge is 0.337 e. The van der Waals surface area contributed by atoms with E-state index < -0.39 is 17.1 Å². The van der Waals surface area contributed by atoms with E-state index in [1.807, 2.05) is 0 Å². The fraction of sp³-hybridized carbons (Fsp3) is 0.0714. The normalized spacial score (nSPS) is 10.9. The Morgan fingerprint density at radius 2 is 2.10 bits per heavy atom. The van der Waals surface area contributed by atoms with Crippen LogP contribution in [0.3, 0.4) is 0 Å². The molecule has 0 amide bonds. The van der Waals surface area contributed by atoms with Crippen molar-refractivity contribution >= 4 is 17.0 Å². The van der Waals surface area contributed by atoms with Crippen LogP contribution >= 0.6 is 0 Å². The predicted octanol–water partition coefficient (Wildman–Crippen LogP) is 1.03. The number of carbonyl (C=O) groups is 1. The number of furan rings is 1. The summed E-state index contributed by atoms with van der Waals surface area (Å²) in [5.74, 6) is -1.18. The Kier molecular flexibility index (Phi) is 2.94. The average molecular weight is 286 g/mol. The largest absolute Gasteiger partial charge is 0.478 e. The Morgan fingerprint density at radius 3 is 2.76 bits per heavy atom. The lowest BCUT2D eigenvalue weighted by Crippen LogP contribution is -2.36. The van der Waals surface area contributed by atoms with Gasteiger partial charge >= 0.3 is 17.1 Å². The summed E-state index contributed by atoms with van der Waals surface area (Å²) in [5, 5.41) is 9.17. The SMILES string of the molecule is O=C(O)c1cccc2c1[nH]c(=O)c(=O)n2Cc1ccoc1. The minimum atomic E-state index is -1.18. The van der Waals surface area contributed by atoms with Crippen LogP contribution < -0.4 is 11.1 Å². The molecule has 3 aromatic rings. The lowest BCUT2D eigenvalue weighted by Gasteiger charge is -2.09. The number of hydrogen-bond acceptors (Lipinski definition) is 4. The number of rotatable bonds is 3. The third-order valence-corrected chi connectivity index (χ3v) is 3.16. The van der Waals surface area contributed by atoms with Crippen LogP contribution in [0.1, 0.15) is 15.9 Å². The van der Waals surface area contributed by atoms with Crippen molar-refractivity contribution in [2.24, 2.45) is 0 Å². The van der Waals surface area contributed by atoms with Crippen LogP contribution in [0, 0.1) is 0 Å². The van der Waals surface area contributed by atoms with Gasteiger partial charge in [-0.15, -0.1) is 0 Å². The molecule has 106 valence electrons. The number of benzene rings is 1. The summed E-state index contributed by atoms with van der Waals surface area (Å²) in [6.45, 7) is 0.124. The van der Waals surface area contributed by atoms with Crippen molar-refractivity contribution in [3.63, 3.8) is 0 Å². The molecule has 0 unspecified atom stereocenters. The van der Waals surface area contributed by atoms with E-state index in [9.17, 15) is 14.4 Å². The third kappa shape index (κ3) is 2.14. The molecular formula is C14H10N2O5. The molecule has 7 heteroatoms. The van der Waals surface area contributed by atoms with Crippen LogP contribution in [0.4, 0.5) is 0 Å². The lowest BCUT2D eigenvalue weighted by atomic mass is 10.1. The van der Waals surface area contributed by atoms with Crippen molar-refractivity contribution in [3.05, 3.63) is 68.6 Å². The number of aromatic nitrogens is 2. The van der Waals surface area contributed by atoms with Gasteiger partial charge in [-0.1, -0.05) is 6.07 Å². The molecule has 0 atom stereocenters. The highest BCUT2D eigenvalue weighted by Gasteiger charge is 2.14. The summed E-state index contributed by atoms with van der Waals surface area (Å²) in [5.41, 5.74) is -0.500. The van der Waals surface area contributed by atoms with Crippen LogP contribution in [0.25, 0.3) is 11.0 Å². The predicted molar refractivity (Wildman–Crippen MR) is 73.6 cm³/mol. The van der Waals surface area contributed by atoms with Gasteiger partial charge in [-0.05, 0) is 18.2 Å². The number of aromatic amines is 1. The van der Waals surface area contributed by atoms with Gasteiger partial charge in [0.05, 0.1) is 35.7 Å². The van der Waals surface area contributed by atoms with E-state index in [4.69, 9.17) is 9.52 Å². The Bertz CT molecular complexity index is 934. The molecule has 0 aliphatic carbocycles. The van der Waals surface area contributed by atoms with Crippen molar-refractivity contribution in [2.75, 3.05) is 0 Å². The van der Waals surface area contributed by atoms with Crippen LogP contribution in [0.5, 0.6) is 0 Å². The number of hydrogen-bond donors (Lipinski definition) is 2. The van der Waals surface area contributed by atoms with E-state index in [1.54, 1.807) is 12.1 Å². The number of carboxylic acid groups (broad SMARTS) is 1. The second-order valence-corrected chi connectivity index (χ2v) is 4.48. The Balaban J connectivity index is 2.35. The molecule has 1 aromatic carbocycles. The van der Waals surface area contributed by atoms with Crippen molar-refractivity contribution in [2.45, 2.75) is 6.54 Å². The topological polar surface area (TPSA) is 105 Å². The van der Waals surface area contributed by atoms with Gasteiger partial charge in [0.2, 0.25) is 0 Å². The first kappa shape index (κ1) is 12.9. The zero-order chi connectivity index (χ0) is 15.0. The number of nitrogens with zero attached hydrogens (tertiary/aromatic N) is 1. The molecule has 0 radical (unpaired) electrons. The first-order chi connectivity index (χ1) is 10.1. The quantitative estimate of drug-likeness (QED) is 0.699. The van der Waals surface area contributed by atoms with Crippen molar-refractivity contribution in [1.82, 2.24) is 9.55 Å². The Labute approximate surface area is 117 Å². The van der Waals surface area contributed by atoms with Crippen LogP contribution in [0.2, 0.25) is 0 Å². The van der Waals surface area contributed by atoms with Gasteiger partial charge < -0.3 is 14.5 Å². The molecule has 3 rings (SSSR count). The van der Waals surface area contributed by atoms with Gasteiger partial charge in [0, 0.05) is 5.56 Å². The van der Waals surface area contributed by atoms with Gasteiger partial charge in [-0.3, -0.25) is 14.2 Å². The molecule has 0 aliphatic rings. The number of fused-ring (bicyclic) bond motifs is 1. The molecule has 0 bridgehead atoms. The molecular weight excluding hydrogens is 276 g/mol. The molecule has 0 saturated heterocycles. The molecule has 7 nitrogen and oxygen atoms in total. The monoisotopic (exact) mass is 286 g/mol. The zero-order valence-electron chi connectivity index (χ0n) is 10.7. The van der Waals surface area contributed by atoms with Gasteiger partial charge in [-0.25, -0.2) is 4.79 Å². The maximum absolute atomic E-state index is 12.0. The van der Waals surface area contributed by atoms with Crippen LogP contribution in [0.15, 0.2) is 50.8 Å². The maximum Gasteiger partial charge on any atom is 0.337 e. The van der Waals surface area contributed by atoms with Crippen LogP contribution in [-0.4, -0.2) is 20.6 Å². The summed E-state index contributed by atoms with van der Waals surface area (Å²) in [7, 11) is 0. The van der Waals surface area contributed by atoms with E-state index in [1.165, 1.54) is 29.2 Å². The van der Waals surface area contributed by atoms with E-state index in [0.29, 0.717) is 11.1 Å². The second kappa shape index (κ2) is 4.78. The van der Waals surface area contributed by atoms with E-state index >= 15 is 0 Å². The minimum absolute atomic E-state index is 0.0643. The summed E-state index contributed by atoms with van der Waals surface area (Å²) in [6, 6.07) is 6.14. The molecule has 2 N–H and O–H groups in total. The highest BCUT2D eigenvalue weighted by Crippen LogP contribution is 2.15. The zero-order valence-corrected chi connectivity index (χ0v) is 10.7. The summed E-state index contributed by atoms with van der Waals surface area (Å²) in [4.78, 5) is 37.3. The number of aromatic carboxylic acids is 1. The third-order valence-electron chi connectivity index (χ3n) is 3.16. The van der Waals surface area contributed by atoms with Gasteiger partial charge in [-0.2, -0.15) is 0 Å². The summed E-state index contributed by atoms with van der Waals surface area (Å²) >= 11 is 0. The maximum atomic E-state index is 12.0. The minimum Gasteiger partial charge on any atom is -0.478 e. The molecule has 2 aromatic heterocycles. The summed E-state index contributed by atoms with van der Waals surface area (Å²) < 4.78 is 6.16. The molecule has 0 aliphatic heterocycles. The molecule has 0 saturated carbocycles. The highest BCUT2D eigenvalue weighted by atomic mass is 16.4. The fourth-order valence-corrected chi connectivity index (χ4v) is 2.20. The van der Waals surface area contributed by atoms with Crippen molar-refractivity contribution < 1.29 is 14.3 Å². The average Bonchev–Trinajstić information content (AvgIpc) is 2.96. The van der Waals surface area contributed by atoms with E-state index in [-0.39, 0.29) is 17.6 Å². The number of nitrogens with one attached hydrogen (secondary N) is 1. The van der Waals surface area contributed by atoms with Gasteiger partial charge in [0.25, 0.3) is 0 Å². The molecule has 0 fully saturated rings. The first-order valence-corrected chi connectivity index (χ1v) is 6.08. The fourth-order valence-electron chi connectivity index (χ4n) is 2.20. The van der Waals surface area contributed by atoms with E-state index in [2.05, 4.69) is 4.98 Å². The molecule has 2 heterocycles. The standard InChI is InChI=1S/C14H10N2O5/c17-12-13(18)16(6-8-4-5-21-7-8)10-3-1-2-9(14(19)20)11(10)15-12/h1-5,7H,6H2,(H,15,17)(H,19,20).